The second-order valence-corrected chi connectivity index (χ2v) is 9.64. The molecule has 0 aliphatic carbocycles. The van der Waals surface area contributed by atoms with Crippen molar-refractivity contribution in [2.75, 3.05) is 0 Å². The van der Waals surface area contributed by atoms with E-state index in [1.165, 1.54) is 21.5 Å². The van der Waals surface area contributed by atoms with Gasteiger partial charge in [0.05, 0.1) is 5.39 Å². The lowest BCUT2D eigenvalue weighted by molar-refractivity contribution is -0.121. The lowest BCUT2D eigenvalue weighted by atomic mass is 9.86. The lowest BCUT2D eigenvalue weighted by Gasteiger charge is -2.21. The Hall–Kier alpha value is -2.47. The summed E-state index contributed by atoms with van der Waals surface area (Å²) in [5, 5.41) is 2.53. The molecule has 3 rings (SSSR count). The monoisotopic (exact) mass is 411 g/mol. The normalized spacial score (nSPS) is 13.2. The number of carbonyl (C=O) groups is 1. The van der Waals surface area contributed by atoms with Crippen LogP contribution in [0.2, 0.25) is 0 Å². The number of fused-ring (bicyclic) bond motifs is 1. The molecular formula is C23H29N3O2S. The average molecular weight is 412 g/mol. The molecule has 6 heteroatoms. The van der Waals surface area contributed by atoms with Gasteiger partial charge in [0.2, 0.25) is 5.91 Å². The lowest BCUT2D eigenvalue weighted by Crippen LogP contribution is -2.36. The van der Waals surface area contributed by atoms with Crippen LogP contribution in [0.5, 0.6) is 0 Å². The molecule has 0 radical (unpaired) electrons. The molecule has 5 nitrogen and oxygen atoms in total. The maximum Gasteiger partial charge on any atom is 0.263 e. The Balaban J connectivity index is 2.27. The molecule has 154 valence electrons. The number of benzene rings is 1. The van der Waals surface area contributed by atoms with Gasteiger partial charge in [0.1, 0.15) is 16.7 Å². The van der Waals surface area contributed by atoms with Crippen LogP contribution < -0.4 is 11.3 Å². The van der Waals surface area contributed by atoms with Gasteiger partial charge >= 0.3 is 0 Å². The molecule has 3 aromatic rings. The first-order valence-corrected chi connectivity index (χ1v) is 10.9. The SMILES string of the molecule is CCC(C(N)=O)n1c(C(C)C)nc2scc(-c3ccc(C(C)(C)C)cc3)c2c1=O. The second-order valence-electron chi connectivity index (χ2n) is 8.78. The molecule has 2 aromatic heterocycles. The fourth-order valence-electron chi connectivity index (χ4n) is 3.60. The van der Waals surface area contributed by atoms with Crippen molar-refractivity contribution in [3.8, 4) is 11.1 Å². The van der Waals surface area contributed by atoms with Crippen LogP contribution in [-0.4, -0.2) is 15.5 Å². The van der Waals surface area contributed by atoms with Crippen LogP contribution in [0.3, 0.4) is 0 Å². The van der Waals surface area contributed by atoms with E-state index in [0.717, 1.165) is 11.1 Å². The Kier molecular flexibility index (Phi) is 5.68. The van der Waals surface area contributed by atoms with E-state index in [-0.39, 0.29) is 16.9 Å². The molecule has 1 atom stereocenters. The highest BCUT2D eigenvalue weighted by Crippen LogP contribution is 2.34. The van der Waals surface area contributed by atoms with E-state index in [0.29, 0.717) is 22.5 Å². The van der Waals surface area contributed by atoms with Crippen molar-refractivity contribution in [2.45, 2.75) is 65.3 Å². The number of amides is 1. The standard InChI is InChI=1S/C23H29N3O2S/c1-7-17(19(24)27)26-20(13(2)3)25-21-18(22(26)28)16(12-29-21)14-8-10-15(11-9-14)23(4,5)6/h8-13,17H,7H2,1-6H3,(H2,24,27). The van der Waals surface area contributed by atoms with Gasteiger partial charge in [-0.05, 0) is 23.0 Å². The average Bonchev–Trinajstić information content (AvgIpc) is 3.07. The van der Waals surface area contributed by atoms with Gasteiger partial charge in [0.25, 0.3) is 5.56 Å². The fraction of sp³-hybridized carbons (Fsp3) is 0.435. The van der Waals surface area contributed by atoms with Crippen LogP contribution in [0.4, 0.5) is 0 Å². The molecule has 2 N–H and O–H groups in total. The Morgan fingerprint density at radius 2 is 1.83 bits per heavy atom. The number of rotatable bonds is 5. The molecule has 2 heterocycles. The van der Waals surface area contributed by atoms with Crippen LogP contribution in [0.1, 0.15) is 71.3 Å². The van der Waals surface area contributed by atoms with E-state index in [9.17, 15) is 9.59 Å². The van der Waals surface area contributed by atoms with Crippen molar-refractivity contribution in [2.24, 2.45) is 5.73 Å². The third kappa shape index (κ3) is 3.86. The number of hydrogen-bond donors (Lipinski definition) is 1. The van der Waals surface area contributed by atoms with Gasteiger partial charge in [-0.2, -0.15) is 0 Å². The number of nitrogens with two attached hydrogens (primary N) is 1. The summed E-state index contributed by atoms with van der Waals surface area (Å²) in [5.74, 6) is 0.0886. The predicted octanol–water partition coefficient (Wildman–Crippen LogP) is 4.98. The van der Waals surface area contributed by atoms with Crippen LogP contribution in [-0.2, 0) is 10.2 Å². The van der Waals surface area contributed by atoms with Crippen molar-refractivity contribution in [1.82, 2.24) is 9.55 Å². The maximum absolute atomic E-state index is 13.6. The van der Waals surface area contributed by atoms with E-state index in [1.807, 2.05) is 38.3 Å². The number of aromatic nitrogens is 2. The van der Waals surface area contributed by atoms with E-state index in [2.05, 4.69) is 32.9 Å². The van der Waals surface area contributed by atoms with E-state index >= 15 is 0 Å². The minimum absolute atomic E-state index is 0.00267. The zero-order valence-corrected chi connectivity index (χ0v) is 18.8. The number of carbonyl (C=O) groups excluding carboxylic acids is 1. The highest BCUT2D eigenvalue weighted by molar-refractivity contribution is 7.17. The maximum atomic E-state index is 13.6. The molecule has 0 bridgehead atoms. The first kappa shape index (κ1) is 21.2. The van der Waals surface area contributed by atoms with Gasteiger partial charge in [-0.1, -0.05) is 65.8 Å². The van der Waals surface area contributed by atoms with Crippen LogP contribution in [0, 0.1) is 0 Å². The summed E-state index contributed by atoms with van der Waals surface area (Å²) in [6.45, 7) is 12.3. The zero-order chi connectivity index (χ0) is 21.5. The van der Waals surface area contributed by atoms with Crippen molar-refractivity contribution < 1.29 is 4.79 Å². The van der Waals surface area contributed by atoms with Crippen molar-refractivity contribution in [3.05, 3.63) is 51.4 Å². The van der Waals surface area contributed by atoms with Gasteiger partial charge in [-0.15, -0.1) is 11.3 Å². The van der Waals surface area contributed by atoms with Gasteiger partial charge in [-0.3, -0.25) is 14.2 Å². The van der Waals surface area contributed by atoms with Crippen molar-refractivity contribution in [3.63, 3.8) is 0 Å². The molecule has 1 unspecified atom stereocenters. The van der Waals surface area contributed by atoms with E-state index in [4.69, 9.17) is 10.7 Å². The number of hydrogen-bond acceptors (Lipinski definition) is 4. The number of primary amides is 1. The van der Waals surface area contributed by atoms with Crippen LogP contribution >= 0.6 is 11.3 Å². The van der Waals surface area contributed by atoms with Crippen LogP contribution in [0.25, 0.3) is 21.3 Å². The topological polar surface area (TPSA) is 78.0 Å². The zero-order valence-electron chi connectivity index (χ0n) is 17.9. The van der Waals surface area contributed by atoms with Crippen molar-refractivity contribution >= 4 is 27.5 Å². The Labute approximate surface area is 175 Å². The minimum atomic E-state index is -0.701. The second kappa shape index (κ2) is 7.75. The molecule has 0 spiro atoms. The fourth-order valence-corrected chi connectivity index (χ4v) is 4.55. The largest absolute Gasteiger partial charge is 0.368 e. The molecule has 0 saturated heterocycles. The summed E-state index contributed by atoms with van der Waals surface area (Å²) in [6, 6.07) is 7.60. The molecule has 0 saturated carbocycles. The first-order valence-electron chi connectivity index (χ1n) is 10.00. The smallest absolute Gasteiger partial charge is 0.263 e. The Bertz CT molecular complexity index is 1100. The number of nitrogens with zero attached hydrogens (tertiary/aromatic N) is 2. The minimum Gasteiger partial charge on any atom is -0.368 e. The number of thiophene rings is 1. The molecule has 29 heavy (non-hydrogen) atoms. The summed E-state index contributed by atoms with van der Waals surface area (Å²) in [6.07, 6.45) is 0.446. The Morgan fingerprint density at radius 3 is 2.31 bits per heavy atom. The molecule has 0 fully saturated rings. The van der Waals surface area contributed by atoms with Gasteiger partial charge in [0.15, 0.2) is 0 Å². The first-order chi connectivity index (χ1) is 13.6. The Morgan fingerprint density at radius 1 is 1.21 bits per heavy atom. The summed E-state index contributed by atoms with van der Waals surface area (Å²) < 4.78 is 1.51. The van der Waals surface area contributed by atoms with Gasteiger partial charge < -0.3 is 5.73 Å². The summed E-state index contributed by atoms with van der Waals surface area (Å²) in [5.41, 5.74) is 8.55. The molecule has 0 aliphatic rings. The molecule has 1 amide bonds. The van der Waals surface area contributed by atoms with Crippen molar-refractivity contribution in [1.29, 1.82) is 0 Å². The quantitative estimate of drug-likeness (QED) is 0.643. The third-order valence-corrected chi connectivity index (χ3v) is 6.14. The summed E-state index contributed by atoms with van der Waals surface area (Å²) >= 11 is 1.46. The van der Waals surface area contributed by atoms with E-state index < -0.39 is 11.9 Å². The van der Waals surface area contributed by atoms with Gasteiger partial charge in [0, 0.05) is 16.9 Å². The highest BCUT2D eigenvalue weighted by Gasteiger charge is 2.26. The summed E-state index contributed by atoms with van der Waals surface area (Å²) in [7, 11) is 0. The highest BCUT2D eigenvalue weighted by atomic mass is 32.1. The molecular weight excluding hydrogens is 382 g/mol. The summed E-state index contributed by atoms with van der Waals surface area (Å²) in [4.78, 5) is 31.1. The van der Waals surface area contributed by atoms with Gasteiger partial charge in [-0.25, -0.2) is 4.98 Å². The van der Waals surface area contributed by atoms with Crippen LogP contribution in [0.15, 0.2) is 34.4 Å². The predicted molar refractivity (Wildman–Crippen MR) is 121 cm³/mol. The third-order valence-electron chi connectivity index (χ3n) is 5.27. The molecule has 0 aliphatic heterocycles. The molecule has 1 aromatic carbocycles. The van der Waals surface area contributed by atoms with E-state index in [1.54, 1.807) is 0 Å².